The summed E-state index contributed by atoms with van der Waals surface area (Å²) in [6.45, 7) is 3.43. The second kappa shape index (κ2) is 6.61. The zero-order chi connectivity index (χ0) is 11.1. The topological polar surface area (TPSA) is 51.6 Å². The van der Waals surface area contributed by atoms with E-state index in [4.69, 9.17) is 26.2 Å². The zero-order valence-electron chi connectivity index (χ0n) is 8.57. The predicted octanol–water partition coefficient (Wildman–Crippen LogP) is 1.64. The summed E-state index contributed by atoms with van der Waals surface area (Å²) in [4.78, 5) is 3.96. The number of nitrogens with zero attached hydrogens (tertiary/aromatic N) is 1. The number of halogens is 1. The second-order valence-electron chi connectivity index (χ2n) is 2.82. The molecule has 0 spiro atoms. The highest BCUT2D eigenvalue weighted by atomic mass is 35.5. The van der Waals surface area contributed by atoms with Gasteiger partial charge in [0.15, 0.2) is 0 Å². The van der Waals surface area contributed by atoms with Crippen molar-refractivity contribution in [1.29, 1.82) is 0 Å². The molecule has 0 aliphatic rings. The summed E-state index contributed by atoms with van der Waals surface area (Å²) in [5, 5.41) is 9.40. The molecule has 0 aliphatic carbocycles. The van der Waals surface area contributed by atoms with Gasteiger partial charge in [0.1, 0.15) is 6.61 Å². The molecule has 1 aromatic heterocycles. The van der Waals surface area contributed by atoms with Gasteiger partial charge in [0, 0.05) is 24.4 Å². The second-order valence-corrected chi connectivity index (χ2v) is 3.22. The molecule has 0 unspecified atom stereocenters. The molecule has 0 atom stereocenters. The van der Waals surface area contributed by atoms with Gasteiger partial charge in [-0.3, -0.25) is 0 Å². The maximum absolute atomic E-state index is 8.96. The highest BCUT2D eigenvalue weighted by Crippen LogP contribution is 2.18. The average molecular weight is 232 g/mol. The molecule has 0 radical (unpaired) electrons. The number of hydrogen-bond donors (Lipinski definition) is 1. The van der Waals surface area contributed by atoms with E-state index in [9.17, 15) is 0 Å². The van der Waals surface area contributed by atoms with E-state index in [0.717, 1.165) is 0 Å². The number of rotatable bonds is 6. The Morgan fingerprint density at radius 2 is 2.27 bits per heavy atom. The van der Waals surface area contributed by atoms with Crippen molar-refractivity contribution < 1.29 is 14.6 Å². The van der Waals surface area contributed by atoms with Gasteiger partial charge in [0.05, 0.1) is 18.2 Å². The van der Waals surface area contributed by atoms with E-state index in [0.29, 0.717) is 36.3 Å². The first-order valence-corrected chi connectivity index (χ1v) is 5.11. The Morgan fingerprint density at radius 3 is 2.93 bits per heavy atom. The largest absolute Gasteiger partial charge is 0.475 e. The third-order valence-corrected chi connectivity index (χ3v) is 2.10. The minimum atomic E-state index is -0.122. The Balaban J connectivity index is 2.47. The highest BCUT2D eigenvalue weighted by molar-refractivity contribution is 6.31. The predicted molar refractivity (Wildman–Crippen MR) is 57.2 cm³/mol. The van der Waals surface area contributed by atoms with Crippen LogP contribution >= 0.6 is 11.6 Å². The van der Waals surface area contributed by atoms with Crippen LogP contribution in [-0.2, 0) is 11.3 Å². The van der Waals surface area contributed by atoms with E-state index >= 15 is 0 Å². The van der Waals surface area contributed by atoms with E-state index in [1.54, 1.807) is 6.07 Å². The molecule has 1 heterocycles. The summed E-state index contributed by atoms with van der Waals surface area (Å²) in [5.74, 6) is 0.447. The quantitative estimate of drug-likeness (QED) is 0.757. The lowest BCUT2D eigenvalue weighted by atomic mass is 10.3. The Morgan fingerprint density at radius 1 is 1.47 bits per heavy atom. The molecule has 0 aromatic carbocycles. The fraction of sp³-hybridized carbons (Fsp3) is 0.500. The number of aliphatic hydroxyl groups is 1. The number of hydrogen-bond acceptors (Lipinski definition) is 4. The first kappa shape index (κ1) is 12.2. The van der Waals surface area contributed by atoms with E-state index in [1.807, 2.05) is 6.92 Å². The van der Waals surface area contributed by atoms with Crippen molar-refractivity contribution in [3.8, 4) is 5.88 Å². The van der Waals surface area contributed by atoms with Crippen LogP contribution in [0.2, 0.25) is 5.02 Å². The Kier molecular flexibility index (Phi) is 5.39. The molecule has 0 amide bonds. The van der Waals surface area contributed by atoms with Gasteiger partial charge in [-0.2, -0.15) is 0 Å². The van der Waals surface area contributed by atoms with Crippen molar-refractivity contribution in [3.05, 3.63) is 22.8 Å². The molecular formula is C10H14ClNO3. The number of ether oxygens (including phenoxy) is 2. The summed E-state index contributed by atoms with van der Waals surface area (Å²) in [7, 11) is 0. The van der Waals surface area contributed by atoms with Crippen molar-refractivity contribution in [2.75, 3.05) is 19.8 Å². The van der Waals surface area contributed by atoms with Gasteiger partial charge in [0.2, 0.25) is 5.88 Å². The first-order chi connectivity index (χ1) is 7.27. The molecule has 1 aromatic rings. The maximum Gasteiger partial charge on any atom is 0.213 e. The molecule has 1 rings (SSSR count). The average Bonchev–Trinajstić information content (AvgIpc) is 2.26. The monoisotopic (exact) mass is 231 g/mol. The lowest BCUT2D eigenvalue weighted by Gasteiger charge is -2.07. The van der Waals surface area contributed by atoms with Crippen molar-refractivity contribution in [2.24, 2.45) is 0 Å². The van der Waals surface area contributed by atoms with Crippen molar-refractivity contribution >= 4 is 11.6 Å². The SMILES string of the molecule is CCOCCOc1cc(CO)c(Cl)cn1. The van der Waals surface area contributed by atoms with Crippen LogP contribution in [0.5, 0.6) is 5.88 Å². The van der Waals surface area contributed by atoms with Gasteiger partial charge >= 0.3 is 0 Å². The molecule has 15 heavy (non-hydrogen) atoms. The van der Waals surface area contributed by atoms with Crippen LogP contribution in [-0.4, -0.2) is 29.9 Å². The smallest absolute Gasteiger partial charge is 0.213 e. The van der Waals surface area contributed by atoms with Crippen LogP contribution in [0, 0.1) is 0 Å². The van der Waals surface area contributed by atoms with Gasteiger partial charge in [0.25, 0.3) is 0 Å². The molecule has 0 fully saturated rings. The molecule has 4 nitrogen and oxygen atoms in total. The van der Waals surface area contributed by atoms with Gasteiger partial charge < -0.3 is 14.6 Å². The minimum absolute atomic E-state index is 0.122. The number of aliphatic hydroxyl groups excluding tert-OH is 1. The minimum Gasteiger partial charge on any atom is -0.475 e. The Labute approximate surface area is 93.8 Å². The Hall–Kier alpha value is -0.840. The third kappa shape index (κ3) is 4.03. The summed E-state index contributed by atoms with van der Waals surface area (Å²) >= 11 is 5.78. The lowest BCUT2D eigenvalue weighted by molar-refractivity contribution is 0.108. The molecular weight excluding hydrogens is 218 g/mol. The first-order valence-electron chi connectivity index (χ1n) is 4.73. The molecule has 0 aliphatic heterocycles. The third-order valence-electron chi connectivity index (χ3n) is 1.76. The van der Waals surface area contributed by atoms with Gasteiger partial charge in [-0.05, 0) is 6.92 Å². The van der Waals surface area contributed by atoms with Gasteiger partial charge in [-0.25, -0.2) is 4.98 Å². The fourth-order valence-electron chi connectivity index (χ4n) is 1.01. The van der Waals surface area contributed by atoms with Crippen LogP contribution in [0.25, 0.3) is 0 Å². The van der Waals surface area contributed by atoms with E-state index in [2.05, 4.69) is 4.98 Å². The van der Waals surface area contributed by atoms with Gasteiger partial charge in [-0.15, -0.1) is 0 Å². The standard InChI is InChI=1S/C10H14ClNO3/c1-2-14-3-4-15-10-5-8(7-13)9(11)6-12-10/h5-6,13H,2-4,7H2,1H3. The normalized spacial score (nSPS) is 10.3. The molecule has 0 saturated carbocycles. The lowest BCUT2D eigenvalue weighted by Crippen LogP contribution is -2.07. The molecule has 84 valence electrons. The molecule has 0 bridgehead atoms. The number of aromatic nitrogens is 1. The zero-order valence-corrected chi connectivity index (χ0v) is 9.33. The van der Waals surface area contributed by atoms with Crippen LogP contribution < -0.4 is 4.74 Å². The summed E-state index contributed by atoms with van der Waals surface area (Å²) in [6, 6.07) is 1.62. The van der Waals surface area contributed by atoms with E-state index < -0.39 is 0 Å². The van der Waals surface area contributed by atoms with E-state index in [-0.39, 0.29) is 6.61 Å². The summed E-state index contributed by atoms with van der Waals surface area (Å²) in [5.41, 5.74) is 0.609. The summed E-state index contributed by atoms with van der Waals surface area (Å²) in [6.07, 6.45) is 1.46. The van der Waals surface area contributed by atoms with Crippen LogP contribution in [0.3, 0.4) is 0 Å². The summed E-state index contributed by atoms with van der Waals surface area (Å²) < 4.78 is 10.4. The van der Waals surface area contributed by atoms with Crippen LogP contribution in [0.1, 0.15) is 12.5 Å². The van der Waals surface area contributed by atoms with Crippen molar-refractivity contribution in [3.63, 3.8) is 0 Å². The highest BCUT2D eigenvalue weighted by Gasteiger charge is 2.02. The molecule has 5 heteroatoms. The fourth-order valence-corrected chi connectivity index (χ4v) is 1.17. The van der Waals surface area contributed by atoms with Crippen molar-refractivity contribution in [1.82, 2.24) is 4.98 Å². The maximum atomic E-state index is 8.96. The Bertz CT molecular complexity index is 307. The van der Waals surface area contributed by atoms with Crippen LogP contribution in [0.4, 0.5) is 0 Å². The van der Waals surface area contributed by atoms with Crippen molar-refractivity contribution in [2.45, 2.75) is 13.5 Å². The van der Waals surface area contributed by atoms with Gasteiger partial charge in [-0.1, -0.05) is 11.6 Å². The molecule has 0 saturated heterocycles. The molecule has 1 N–H and O–H groups in total. The number of pyridine rings is 1. The van der Waals surface area contributed by atoms with E-state index in [1.165, 1.54) is 6.20 Å². The van der Waals surface area contributed by atoms with Crippen LogP contribution in [0.15, 0.2) is 12.3 Å².